The summed E-state index contributed by atoms with van der Waals surface area (Å²) in [5.41, 5.74) is 0.772. The molecule has 7 nitrogen and oxygen atoms in total. The summed E-state index contributed by atoms with van der Waals surface area (Å²) in [6.45, 7) is 5.86. The standard InChI is InChI=1S/C20H27N3O4/c1-4-15-12(3)16-8-7-14(10-17(16)22-20(15)25)21-19(24)13-6-5-11(2)18(9-13)23(26)27/h5-6,9,12,14-17H,4,7-8,10H2,1-3H3,(H,21,24)(H,22,25). The van der Waals surface area contributed by atoms with Gasteiger partial charge >= 0.3 is 0 Å². The van der Waals surface area contributed by atoms with Crippen molar-refractivity contribution >= 4 is 17.5 Å². The number of nitrogens with one attached hydrogen (secondary N) is 2. The number of hydrogen-bond donors (Lipinski definition) is 2. The van der Waals surface area contributed by atoms with E-state index in [-0.39, 0.29) is 35.5 Å². The average Bonchev–Trinajstić information content (AvgIpc) is 2.61. The van der Waals surface area contributed by atoms with E-state index in [1.807, 2.05) is 6.92 Å². The highest BCUT2D eigenvalue weighted by Crippen LogP contribution is 2.39. The van der Waals surface area contributed by atoms with Crippen LogP contribution >= 0.6 is 0 Å². The molecule has 1 aromatic rings. The third-order valence-electron chi connectivity index (χ3n) is 6.32. The predicted octanol–water partition coefficient (Wildman–Crippen LogP) is 2.96. The average molecular weight is 373 g/mol. The van der Waals surface area contributed by atoms with Crippen LogP contribution in [0.1, 0.15) is 55.5 Å². The lowest BCUT2D eigenvalue weighted by atomic mass is 9.67. The Hall–Kier alpha value is -2.44. The van der Waals surface area contributed by atoms with Crippen molar-refractivity contribution in [2.45, 2.75) is 58.5 Å². The highest BCUT2D eigenvalue weighted by molar-refractivity contribution is 5.95. The maximum atomic E-state index is 12.6. The molecule has 5 unspecified atom stereocenters. The van der Waals surface area contributed by atoms with Crippen molar-refractivity contribution in [3.63, 3.8) is 0 Å². The van der Waals surface area contributed by atoms with Crippen molar-refractivity contribution in [3.8, 4) is 0 Å². The summed E-state index contributed by atoms with van der Waals surface area (Å²) in [5.74, 6) is 0.687. The van der Waals surface area contributed by atoms with Crippen LogP contribution in [-0.2, 0) is 4.79 Å². The summed E-state index contributed by atoms with van der Waals surface area (Å²) in [4.78, 5) is 35.5. The maximum absolute atomic E-state index is 12.6. The molecule has 27 heavy (non-hydrogen) atoms. The fourth-order valence-electron chi connectivity index (χ4n) is 4.72. The maximum Gasteiger partial charge on any atom is 0.273 e. The highest BCUT2D eigenvalue weighted by Gasteiger charge is 2.43. The molecule has 7 heteroatoms. The van der Waals surface area contributed by atoms with E-state index >= 15 is 0 Å². The summed E-state index contributed by atoms with van der Waals surface area (Å²) in [6, 6.07) is 4.58. The monoisotopic (exact) mass is 373 g/mol. The second kappa shape index (κ2) is 7.66. The van der Waals surface area contributed by atoms with Crippen LogP contribution in [0.2, 0.25) is 0 Å². The number of nitro benzene ring substituents is 1. The fourth-order valence-corrected chi connectivity index (χ4v) is 4.72. The van der Waals surface area contributed by atoms with E-state index in [1.165, 1.54) is 6.07 Å². The minimum absolute atomic E-state index is 0.0372. The van der Waals surface area contributed by atoms with Gasteiger partial charge in [0.2, 0.25) is 5.91 Å². The lowest BCUT2D eigenvalue weighted by molar-refractivity contribution is -0.385. The van der Waals surface area contributed by atoms with E-state index in [9.17, 15) is 19.7 Å². The van der Waals surface area contributed by atoms with Crippen LogP contribution in [0.4, 0.5) is 5.69 Å². The van der Waals surface area contributed by atoms with Crippen molar-refractivity contribution in [2.24, 2.45) is 17.8 Å². The molecule has 1 saturated carbocycles. The van der Waals surface area contributed by atoms with Crippen LogP contribution in [0.15, 0.2) is 18.2 Å². The molecule has 0 bridgehead atoms. The fraction of sp³-hybridized carbons (Fsp3) is 0.600. The van der Waals surface area contributed by atoms with E-state index in [0.29, 0.717) is 29.4 Å². The molecular formula is C20H27N3O4. The molecule has 2 amide bonds. The quantitative estimate of drug-likeness (QED) is 0.626. The van der Waals surface area contributed by atoms with Gasteiger partial charge in [-0.05, 0) is 50.5 Å². The number of carbonyl (C=O) groups excluding carboxylic acids is 2. The number of carbonyl (C=O) groups is 2. The summed E-state index contributed by atoms with van der Waals surface area (Å²) in [7, 11) is 0. The second-order valence-electron chi connectivity index (χ2n) is 7.89. The van der Waals surface area contributed by atoms with E-state index < -0.39 is 4.92 Å². The molecule has 1 heterocycles. The van der Waals surface area contributed by atoms with Crippen LogP contribution in [-0.4, -0.2) is 28.8 Å². The first-order chi connectivity index (χ1) is 12.8. The molecule has 0 aromatic heterocycles. The second-order valence-corrected chi connectivity index (χ2v) is 7.89. The third-order valence-corrected chi connectivity index (χ3v) is 6.32. The van der Waals surface area contributed by atoms with Crippen molar-refractivity contribution in [1.82, 2.24) is 10.6 Å². The first-order valence-corrected chi connectivity index (χ1v) is 9.68. The topological polar surface area (TPSA) is 101 Å². The number of rotatable bonds is 4. The van der Waals surface area contributed by atoms with Gasteiger partial charge in [-0.15, -0.1) is 0 Å². The number of hydrogen-bond acceptors (Lipinski definition) is 4. The van der Waals surface area contributed by atoms with Crippen molar-refractivity contribution < 1.29 is 14.5 Å². The van der Waals surface area contributed by atoms with Gasteiger partial charge < -0.3 is 10.6 Å². The molecule has 2 fully saturated rings. The van der Waals surface area contributed by atoms with E-state index in [0.717, 1.165) is 19.3 Å². The van der Waals surface area contributed by atoms with Crippen molar-refractivity contribution in [2.75, 3.05) is 0 Å². The predicted molar refractivity (Wildman–Crippen MR) is 101 cm³/mol. The van der Waals surface area contributed by atoms with Gasteiger partial charge in [-0.3, -0.25) is 19.7 Å². The smallest absolute Gasteiger partial charge is 0.273 e. The third kappa shape index (κ3) is 3.82. The van der Waals surface area contributed by atoms with E-state index in [4.69, 9.17) is 0 Å². The highest BCUT2D eigenvalue weighted by atomic mass is 16.6. The normalized spacial score (nSPS) is 30.2. The molecule has 1 aliphatic heterocycles. The number of aryl methyl sites for hydroxylation is 1. The van der Waals surface area contributed by atoms with Gasteiger partial charge in [0.05, 0.1) is 4.92 Å². The Bertz CT molecular complexity index is 764. The molecule has 1 saturated heterocycles. The number of nitrogens with zero attached hydrogens (tertiary/aromatic N) is 1. The Morgan fingerprint density at radius 2 is 2.11 bits per heavy atom. The van der Waals surface area contributed by atoms with Crippen LogP contribution in [0, 0.1) is 34.8 Å². The molecule has 2 N–H and O–H groups in total. The Kier molecular flexibility index (Phi) is 5.48. The van der Waals surface area contributed by atoms with Crippen molar-refractivity contribution in [1.29, 1.82) is 0 Å². The van der Waals surface area contributed by atoms with Gasteiger partial charge in [-0.25, -0.2) is 0 Å². The number of fused-ring (bicyclic) bond motifs is 1. The number of piperidine rings is 1. The SMILES string of the molecule is CCC1C(=O)NC2CC(NC(=O)c3ccc(C)c([N+](=O)[O-])c3)CCC2C1C. The molecular weight excluding hydrogens is 346 g/mol. The van der Waals surface area contributed by atoms with Crippen LogP contribution in [0.25, 0.3) is 0 Å². The van der Waals surface area contributed by atoms with Gasteiger partial charge in [0.15, 0.2) is 0 Å². The molecule has 1 aromatic carbocycles. The van der Waals surface area contributed by atoms with Crippen LogP contribution < -0.4 is 10.6 Å². The minimum atomic E-state index is -0.472. The van der Waals surface area contributed by atoms with Gasteiger partial charge in [-0.2, -0.15) is 0 Å². The zero-order valence-electron chi connectivity index (χ0n) is 16.0. The number of benzene rings is 1. The number of nitro groups is 1. The molecule has 2 aliphatic rings. The van der Waals surface area contributed by atoms with Gasteiger partial charge in [0.1, 0.15) is 0 Å². The largest absolute Gasteiger partial charge is 0.353 e. The van der Waals surface area contributed by atoms with Gasteiger partial charge in [0, 0.05) is 35.2 Å². The molecule has 5 atom stereocenters. The van der Waals surface area contributed by atoms with Crippen molar-refractivity contribution in [3.05, 3.63) is 39.4 Å². The first-order valence-electron chi connectivity index (χ1n) is 9.68. The van der Waals surface area contributed by atoms with Gasteiger partial charge in [-0.1, -0.05) is 19.9 Å². The molecule has 0 radical (unpaired) electrons. The zero-order valence-corrected chi connectivity index (χ0v) is 16.0. The Balaban J connectivity index is 1.66. The van der Waals surface area contributed by atoms with Gasteiger partial charge in [0.25, 0.3) is 11.6 Å². The molecule has 0 spiro atoms. The summed E-state index contributed by atoms with van der Waals surface area (Å²) in [5, 5.41) is 17.2. The van der Waals surface area contributed by atoms with Crippen LogP contribution in [0.5, 0.6) is 0 Å². The van der Waals surface area contributed by atoms with E-state index in [2.05, 4.69) is 17.6 Å². The Morgan fingerprint density at radius 1 is 1.37 bits per heavy atom. The summed E-state index contributed by atoms with van der Waals surface area (Å²) >= 11 is 0. The summed E-state index contributed by atoms with van der Waals surface area (Å²) < 4.78 is 0. The molecule has 146 valence electrons. The van der Waals surface area contributed by atoms with E-state index in [1.54, 1.807) is 19.1 Å². The zero-order chi connectivity index (χ0) is 19.7. The lowest BCUT2D eigenvalue weighted by Gasteiger charge is -2.46. The number of amides is 2. The molecule has 1 aliphatic carbocycles. The lowest BCUT2D eigenvalue weighted by Crippen LogP contribution is -2.58. The first kappa shape index (κ1) is 19.3. The molecule has 3 rings (SSSR count). The Morgan fingerprint density at radius 3 is 2.78 bits per heavy atom. The van der Waals surface area contributed by atoms with Crippen LogP contribution in [0.3, 0.4) is 0 Å². The Labute approximate surface area is 159 Å². The summed E-state index contributed by atoms with van der Waals surface area (Å²) in [6.07, 6.45) is 3.37. The minimum Gasteiger partial charge on any atom is -0.353 e.